The Hall–Kier alpha value is -2.68. The summed E-state index contributed by atoms with van der Waals surface area (Å²) in [6.45, 7) is 0. The van der Waals surface area contributed by atoms with Crippen molar-refractivity contribution >= 4 is 17.0 Å². The van der Waals surface area contributed by atoms with Crippen LogP contribution in [0, 0.1) is 0 Å². The van der Waals surface area contributed by atoms with Crippen molar-refractivity contribution in [3.8, 4) is 11.3 Å². The van der Waals surface area contributed by atoms with Crippen molar-refractivity contribution in [3.63, 3.8) is 0 Å². The summed E-state index contributed by atoms with van der Waals surface area (Å²) in [5, 5.41) is 5.85. The van der Waals surface area contributed by atoms with E-state index < -0.39 is 0 Å². The Morgan fingerprint density at radius 1 is 0.947 bits per heavy atom. The van der Waals surface area contributed by atoms with E-state index in [1.807, 2.05) is 42.6 Å². The zero-order valence-electron chi connectivity index (χ0n) is 10.3. The van der Waals surface area contributed by atoms with Gasteiger partial charge in [0.15, 0.2) is 0 Å². The predicted molar refractivity (Wildman–Crippen MR) is 79.0 cm³/mol. The van der Waals surface area contributed by atoms with Gasteiger partial charge in [-0.25, -0.2) is 0 Å². The lowest BCUT2D eigenvalue weighted by Crippen LogP contribution is -1.88. The van der Waals surface area contributed by atoms with Crippen LogP contribution in [0.2, 0.25) is 0 Å². The van der Waals surface area contributed by atoms with Crippen molar-refractivity contribution in [2.45, 2.75) is 0 Å². The average Bonchev–Trinajstić information content (AvgIpc) is 2.48. The molecule has 0 unspecified atom stereocenters. The van der Waals surface area contributed by atoms with Crippen molar-refractivity contribution in [1.82, 2.24) is 4.98 Å². The third-order valence-electron chi connectivity index (χ3n) is 3.06. The van der Waals surface area contributed by atoms with Crippen LogP contribution in [0.1, 0.15) is 5.56 Å². The molecule has 0 saturated heterocycles. The van der Waals surface area contributed by atoms with Gasteiger partial charge in [0.25, 0.3) is 0 Å². The Morgan fingerprint density at radius 2 is 1.68 bits per heavy atom. The minimum atomic E-state index is 0.968. The molecule has 1 heterocycles. The van der Waals surface area contributed by atoms with Gasteiger partial charge in [-0.3, -0.25) is 4.98 Å². The number of pyridine rings is 1. The molecule has 92 valence electrons. The number of aromatic nitrogens is 1. The SMILES string of the molecule is NN=Cc1ccc(-c2cc3ccccc3cn2)cc1. The average molecular weight is 247 g/mol. The number of hydrogen-bond donors (Lipinski definition) is 1. The van der Waals surface area contributed by atoms with Gasteiger partial charge in [-0.05, 0) is 17.0 Å². The molecule has 2 aromatic carbocycles. The summed E-state index contributed by atoms with van der Waals surface area (Å²) in [5.41, 5.74) is 3.03. The van der Waals surface area contributed by atoms with E-state index in [0.29, 0.717) is 0 Å². The molecule has 2 N–H and O–H groups in total. The van der Waals surface area contributed by atoms with Gasteiger partial charge in [0.1, 0.15) is 0 Å². The molecule has 19 heavy (non-hydrogen) atoms. The Bertz CT molecular complexity index is 730. The quantitative estimate of drug-likeness (QED) is 0.429. The summed E-state index contributed by atoms with van der Waals surface area (Å²) >= 11 is 0. The topological polar surface area (TPSA) is 51.3 Å². The van der Waals surface area contributed by atoms with Crippen LogP contribution >= 0.6 is 0 Å². The number of hydrazone groups is 1. The molecule has 0 aliphatic heterocycles. The van der Waals surface area contributed by atoms with Gasteiger partial charge in [-0.2, -0.15) is 5.10 Å². The molecule has 0 atom stereocenters. The maximum Gasteiger partial charge on any atom is 0.0708 e. The second kappa shape index (κ2) is 4.90. The smallest absolute Gasteiger partial charge is 0.0708 e. The molecule has 3 rings (SSSR count). The molecule has 0 spiro atoms. The van der Waals surface area contributed by atoms with E-state index in [9.17, 15) is 0 Å². The summed E-state index contributed by atoms with van der Waals surface area (Å²) in [4.78, 5) is 4.49. The predicted octanol–water partition coefficient (Wildman–Crippen LogP) is 3.19. The number of rotatable bonds is 2. The molecule has 3 heteroatoms. The summed E-state index contributed by atoms with van der Waals surface area (Å²) in [6, 6.07) is 18.3. The number of hydrogen-bond acceptors (Lipinski definition) is 3. The van der Waals surface area contributed by atoms with Gasteiger partial charge >= 0.3 is 0 Å². The number of fused-ring (bicyclic) bond motifs is 1. The van der Waals surface area contributed by atoms with Gasteiger partial charge in [0.05, 0.1) is 11.9 Å². The highest BCUT2D eigenvalue weighted by Crippen LogP contribution is 2.21. The first kappa shape index (κ1) is 11.4. The monoisotopic (exact) mass is 247 g/mol. The van der Waals surface area contributed by atoms with E-state index in [1.54, 1.807) is 6.21 Å². The molecule has 0 saturated carbocycles. The summed E-state index contributed by atoms with van der Waals surface area (Å²) in [6.07, 6.45) is 3.53. The van der Waals surface area contributed by atoms with Crippen molar-refractivity contribution in [1.29, 1.82) is 0 Å². The lowest BCUT2D eigenvalue weighted by atomic mass is 10.1. The third-order valence-corrected chi connectivity index (χ3v) is 3.06. The van der Waals surface area contributed by atoms with E-state index in [0.717, 1.165) is 22.2 Å². The summed E-state index contributed by atoms with van der Waals surface area (Å²) in [7, 11) is 0. The van der Waals surface area contributed by atoms with Crippen LogP contribution in [-0.4, -0.2) is 11.2 Å². The number of nitrogens with two attached hydrogens (primary N) is 1. The van der Waals surface area contributed by atoms with Gasteiger partial charge in [0.2, 0.25) is 0 Å². The van der Waals surface area contributed by atoms with Crippen LogP contribution < -0.4 is 5.84 Å². The van der Waals surface area contributed by atoms with E-state index in [4.69, 9.17) is 5.84 Å². The Morgan fingerprint density at radius 3 is 2.42 bits per heavy atom. The molecule has 0 aliphatic carbocycles. The molecular formula is C16H13N3. The Kier molecular flexibility index (Phi) is 2.94. The molecule has 0 amide bonds. The summed E-state index contributed by atoms with van der Waals surface area (Å²) in [5.74, 6) is 5.13. The Balaban J connectivity index is 2.03. The Labute approximate surface area is 111 Å². The molecule has 0 aliphatic rings. The van der Waals surface area contributed by atoms with Gasteiger partial charge < -0.3 is 5.84 Å². The fourth-order valence-electron chi connectivity index (χ4n) is 2.07. The third kappa shape index (κ3) is 2.31. The zero-order chi connectivity index (χ0) is 13.1. The summed E-state index contributed by atoms with van der Waals surface area (Å²) < 4.78 is 0. The maximum absolute atomic E-state index is 5.13. The normalized spacial score (nSPS) is 11.2. The molecule has 3 aromatic rings. The second-order valence-corrected chi connectivity index (χ2v) is 4.32. The molecule has 0 radical (unpaired) electrons. The van der Waals surface area contributed by atoms with E-state index in [-0.39, 0.29) is 0 Å². The molecule has 0 bridgehead atoms. The lowest BCUT2D eigenvalue weighted by Gasteiger charge is -2.03. The van der Waals surface area contributed by atoms with Crippen molar-refractivity contribution in [2.75, 3.05) is 0 Å². The van der Waals surface area contributed by atoms with E-state index >= 15 is 0 Å². The molecular weight excluding hydrogens is 234 g/mol. The number of benzene rings is 2. The van der Waals surface area contributed by atoms with Crippen molar-refractivity contribution in [3.05, 3.63) is 66.4 Å². The van der Waals surface area contributed by atoms with E-state index in [2.05, 4.69) is 28.3 Å². The first-order chi connectivity index (χ1) is 9.36. The molecule has 3 nitrogen and oxygen atoms in total. The van der Waals surface area contributed by atoms with Crippen molar-refractivity contribution < 1.29 is 0 Å². The van der Waals surface area contributed by atoms with Gasteiger partial charge in [-0.1, -0.05) is 48.5 Å². The highest BCUT2D eigenvalue weighted by Gasteiger charge is 2.01. The zero-order valence-corrected chi connectivity index (χ0v) is 10.3. The largest absolute Gasteiger partial charge is 0.323 e. The first-order valence-electron chi connectivity index (χ1n) is 6.05. The van der Waals surface area contributed by atoms with E-state index in [1.165, 1.54) is 5.39 Å². The highest BCUT2D eigenvalue weighted by atomic mass is 15.1. The lowest BCUT2D eigenvalue weighted by molar-refractivity contribution is 1.26. The number of nitrogens with zero attached hydrogens (tertiary/aromatic N) is 2. The minimum Gasteiger partial charge on any atom is -0.323 e. The van der Waals surface area contributed by atoms with Crippen LogP contribution in [0.15, 0.2) is 65.9 Å². The fourth-order valence-corrected chi connectivity index (χ4v) is 2.07. The molecule has 0 fully saturated rings. The minimum absolute atomic E-state index is 0.968. The van der Waals surface area contributed by atoms with Crippen LogP contribution in [0.3, 0.4) is 0 Å². The van der Waals surface area contributed by atoms with Gasteiger partial charge in [-0.15, -0.1) is 0 Å². The highest BCUT2D eigenvalue weighted by molar-refractivity contribution is 5.85. The second-order valence-electron chi connectivity index (χ2n) is 4.32. The van der Waals surface area contributed by atoms with Crippen molar-refractivity contribution in [2.24, 2.45) is 10.9 Å². The molecule has 1 aromatic heterocycles. The maximum atomic E-state index is 5.13. The van der Waals surface area contributed by atoms with Gasteiger partial charge in [0, 0.05) is 17.1 Å². The van der Waals surface area contributed by atoms with Crippen LogP contribution in [-0.2, 0) is 0 Å². The first-order valence-corrected chi connectivity index (χ1v) is 6.05. The van der Waals surface area contributed by atoms with Crippen LogP contribution in [0.25, 0.3) is 22.0 Å². The van der Waals surface area contributed by atoms with Crippen LogP contribution in [0.4, 0.5) is 0 Å². The fraction of sp³-hybridized carbons (Fsp3) is 0. The van der Waals surface area contributed by atoms with Crippen LogP contribution in [0.5, 0.6) is 0 Å². The standard InChI is InChI=1S/C16H13N3/c17-19-10-12-5-7-13(8-6-12)16-9-14-3-1-2-4-15(14)11-18-16/h1-11H,17H2.